The number of hydrogen-bond acceptors (Lipinski definition) is 9. The van der Waals surface area contributed by atoms with E-state index >= 15 is 0 Å². The van der Waals surface area contributed by atoms with Crippen molar-refractivity contribution in [3.05, 3.63) is 78.5 Å². The van der Waals surface area contributed by atoms with Gasteiger partial charge in [0, 0.05) is 67.8 Å². The molecule has 3 N–H and O–H groups in total. The second-order valence-corrected chi connectivity index (χ2v) is 10.9. The standard InChI is InChI=1S/C33H34N8O3/c34-13-12-29(42)40-16-14-39(15-17-40)27-10-8-26(9-11-27)37-33-36-22-25-2-1-3-28(30(25)38-33)23-4-6-24(7-5-23)31(32(35)43)41-18-20-44-21-19-41/h1-11,22,31H,12,14-21H2,(H2,35,43)(H,36,37,38). The molecule has 0 radical (unpaired) electrons. The van der Waals surface area contributed by atoms with Crippen LogP contribution in [0.1, 0.15) is 18.0 Å². The first kappa shape index (κ1) is 29.0. The van der Waals surface area contributed by atoms with Crippen molar-refractivity contribution in [2.45, 2.75) is 12.5 Å². The molecule has 2 fully saturated rings. The van der Waals surface area contributed by atoms with E-state index < -0.39 is 6.04 Å². The molecule has 11 heteroatoms. The summed E-state index contributed by atoms with van der Waals surface area (Å²) in [6, 6.07) is 23.5. The van der Waals surface area contributed by atoms with Crippen molar-refractivity contribution in [2.24, 2.45) is 5.73 Å². The minimum absolute atomic E-state index is 0.0717. The number of fused-ring (bicyclic) bond motifs is 1. The molecule has 0 bridgehead atoms. The molecule has 2 aliphatic rings. The van der Waals surface area contributed by atoms with Gasteiger partial charge in [-0.25, -0.2) is 9.97 Å². The number of anilines is 3. The number of aromatic nitrogens is 2. The Labute approximate surface area is 255 Å². The van der Waals surface area contributed by atoms with Crippen LogP contribution in [0.3, 0.4) is 0 Å². The van der Waals surface area contributed by atoms with Crippen LogP contribution in [-0.4, -0.2) is 84.1 Å². The van der Waals surface area contributed by atoms with E-state index in [4.69, 9.17) is 20.7 Å². The van der Waals surface area contributed by atoms with Crippen molar-refractivity contribution in [3.8, 4) is 17.2 Å². The van der Waals surface area contributed by atoms with E-state index in [9.17, 15) is 9.59 Å². The molecule has 11 nitrogen and oxygen atoms in total. The second kappa shape index (κ2) is 13.1. The van der Waals surface area contributed by atoms with E-state index in [-0.39, 0.29) is 18.2 Å². The van der Waals surface area contributed by atoms with Crippen LogP contribution >= 0.6 is 0 Å². The quantitative estimate of drug-likeness (QED) is 0.316. The minimum Gasteiger partial charge on any atom is -0.379 e. The number of benzene rings is 3. The zero-order valence-corrected chi connectivity index (χ0v) is 24.4. The highest BCUT2D eigenvalue weighted by Crippen LogP contribution is 2.31. The average molecular weight is 591 g/mol. The normalized spacial score (nSPS) is 16.3. The van der Waals surface area contributed by atoms with Crippen LogP contribution in [0.25, 0.3) is 22.0 Å². The summed E-state index contributed by atoms with van der Waals surface area (Å²) in [7, 11) is 0. The van der Waals surface area contributed by atoms with Gasteiger partial charge in [0.1, 0.15) is 12.5 Å². The summed E-state index contributed by atoms with van der Waals surface area (Å²) in [6.45, 7) is 5.16. The van der Waals surface area contributed by atoms with E-state index in [1.54, 1.807) is 4.90 Å². The molecule has 1 aromatic heterocycles. The topological polar surface area (TPSA) is 141 Å². The highest BCUT2D eigenvalue weighted by atomic mass is 16.5. The van der Waals surface area contributed by atoms with Gasteiger partial charge in [-0.2, -0.15) is 5.26 Å². The van der Waals surface area contributed by atoms with Crippen molar-refractivity contribution in [1.29, 1.82) is 5.26 Å². The molecule has 44 heavy (non-hydrogen) atoms. The van der Waals surface area contributed by atoms with Crippen LogP contribution in [0.15, 0.2) is 72.9 Å². The van der Waals surface area contributed by atoms with Gasteiger partial charge in [-0.15, -0.1) is 0 Å². The van der Waals surface area contributed by atoms with Crippen molar-refractivity contribution in [2.75, 3.05) is 62.7 Å². The first-order valence-electron chi connectivity index (χ1n) is 14.7. The third-order valence-electron chi connectivity index (χ3n) is 8.18. The molecule has 0 spiro atoms. The zero-order valence-electron chi connectivity index (χ0n) is 24.4. The number of carbonyl (C=O) groups excluding carboxylic acids is 2. The van der Waals surface area contributed by atoms with Gasteiger partial charge in [-0.05, 0) is 35.4 Å². The lowest BCUT2D eigenvalue weighted by Gasteiger charge is -2.35. The summed E-state index contributed by atoms with van der Waals surface area (Å²) in [5.41, 5.74) is 11.4. The van der Waals surface area contributed by atoms with Gasteiger partial charge in [0.2, 0.25) is 17.8 Å². The molecule has 0 aliphatic carbocycles. The number of hydrogen-bond donors (Lipinski definition) is 2. The van der Waals surface area contributed by atoms with Crippen molar-refractivity contribution in [3.63, 3.8) is 0 Å². The van der Waals surface area contributed by atoms with Crippen molar-refractivity contribution < 1.29 is 14.3 Å². The van der Waals surface area contributed by atoms with Gasteiger partial charge in [0.05, 0.1) is 24.8 Å². The first-order chi connectivity index (χ1) is 21.5. The lowest BCUT2D eigenvalue weighted by atomic mass is 9.98. The molecular weight excluding hydrogens is 556 g/mol. The van der Waals surface area contributed by atoms with Crippen LogP contribution in [-0.2, 0) is 14.3 Å². The summed E-state index contributed by atoms with van der Waals surface area (Å²) in [5.74, 6) is 0.00942. The van der Waals surface area contributed by atoms with Crippen LogP contribution in [0.5, 0.6) is 0 Å². The summed E-state index contributed by atoms with van der Waals surface area (Å²) in [5, 5.41) is 13.0. The van der Waals surface area contributed by atoms with Crippen LogP contribution in [0.2, 0.25) is 0 Å². The molecule has 4 aromatic rings. The second-order valence-electron chi connectivity index (χ2n) is 10.9. The molecule has 0 saturated carbocycles. The Bertz CT molecular complexity index is 1670. The number of carbonyl (C=O) groups is 2. The number of para-hydroxylation sites is 1. The number of ether oxygens (including phenoxy) is 1. The van der Waals surface area contributed by atoms with E-state index in [2.05, 4.69) is 20.1 Å². The Morgan fingerprint density at radius 2 is 1.68 bits per heavy atom. The molecule has 1 atom stereocenters. The Balaban J connectivity index is 1.17. The summed E-state index contributed by atoms with van der Waals surface area (Å²) >= 11 is 0. The maximum Gasteiger partial charge on any atom is 0.239 e. The third-order valence-corrected chi connectivity index (χ3v) is 8.18. The third kappa shape index (κ3) is 6.32. The Morgan fingerprint density at radius 3 is 2.36 bits per heavy atom. The van der Waals surface area contributed by atoms with Gasteiger partial charge >= 0.3 is 0 Å². The van der Waals surface area contributed by atoms with Crippen LogP contribution < -0.4 is 16.0 Å². The predicted octanol–water partition coefficient (Wildman–Crippen LogP) is 3.46. The van der Waals surface area contributed by atoms with E-state index in [0.717, 1.165) is 52.1 Å². The molecule has 3 aromatic carbocycles. The number of nitrogens with one attached hydrogen (secondary N) is 1. The van der Waals surface area contributed by atoms with Gasteiger partial charge in [-0.1, -0.05) is 42.5 Å². The number of primary amides is 1. The van der Waals surface area contributed by atoms with Gasteiger partial charge in [0.25, 0.3) is 0 Å². The molecule has 2 aliphatic heterocycles. The molecule has 2 amide bonds. The fraction of sp³-hybridized carbons (Fsp3) is 0.303. The van der Waals surface area contributed by atoms with Gasteiger partial charge in [-0.3, -0.25) is 14.5 Å². The number of nitrogens with zero attached hydrogens (tertiary/aromatic N) is 6. The number of amides is 2. The monoisotopic (exact) mass is 590 g/mol. The maximum absolute atomic E-state index is 12.4. The minimum atomic E-state index is -0.492. The molecule has 6 rings (SSSR count). The first-order valence-corrected chi connectivity index (χ1v) is 14.7. The highest BCUT2D eigenvalue weighted by molar-refractivity contribution is 5.94. The number of piperazine rings is 1. The zero-order chi connectivity index (χ0) is 30.5. The smallest absolute Gasteiger partial charge is 0.239 e. The molecular formula is C33H34N8O3. The molecule has 224 valence electrons. The average Bonchev–Trinajstić information content (AvgIpc) is 3.06. The van der Waals surface area contributed by atoms with Crippen molar-refractivity contribution >= 4 is 40.0 Å². The maximum atomic E-state index is 12.4. The number of rotatable bonds is 8. The molecule has 3 heterocycles. The summed E-state index contributed by atoms with van der Waals surface area (Å²) in [6.07, 6.45) is 1.74. The van der Waals surface area contributed by atoms with E-state index in [1.165, 1.54) is 0 Å². The molecule has 2 saturated heterocycles. The number of nitriles is 1. The van der Waals surface area contributed by atoms with E-state index in [1.807, 2.05) is 79.0 Å². The molecule has 1 unspecified atom stereocenters. The lowest BCUT2D eigenvalue weighted by molar-refractivity contribution is -0.130. The number of nitrogens with two attached hydrogens (primary N) is 1. The largest absolute Gasteiger partial charge is 0.379 e. The summed E-state index contributed by atoms with van der Waals surface area (Å²) < 4.78 is 5.45. The number of morpholine rings is 1. The van der Waals surface area contributed by atoms with Gasteiger partial charge < -0.3 is 25.6 Å². The SMILES string of the molecule is N#CCC(=O)N1CCN(c2ccc(Nc3ncc4cccc(-c5ccc(C(C(N)=O)N6CCOCC6)cc5)c4n3)cc2)CC1. The van der Waals surface area contributed by atoms with Crippen molar-refractivity contribution in [1.82, 2.24) is 19.8 Å². The Morgan fingerprint density at radius 1 is 0.955 bits per heavy atom. The van der Waals surface area contributed by atoms with Crippen LogP contribution in [0.4, 0.5) is 17.3 Å². The lowest BCUT2D eigenvalue weighted by Crippen LogP contribution is -2.48. The predicted molar refractivity (Wildman–Crippen MR) is 168 cm³/mol. The fourth-order valence-electron chi connectivity index (χ4n) is 5.86. The van der Waals surface area contributed by atoms with Crippen LogP contribution in [0, 0.1) is 11.3 Å². The fourth-order valence-corrected chi connectivity index (χ4v) is 5.86. The Hall–Kier alpha value is -5.05. The summed E-state index contributed by atoms with van der Waals surface area (Å²) in [4.78, 5) is 39.8. The van der Waals surface area contributed by atoms with E-state index in [0.29, 0.717) is 45.3 Å². The van der Waals surface area contributed by atoms with Gasteiger partial charge in [0.15, 0.2) is 0 Å². The Kier molecular flexibility index (Phi) is 8.63. The highest BCUT2D eigenvalue weighted by Gasteiger charge is 2.27.